The van der Waals surface area contributed by atoms with E-state index in [-0.39, 0.29) is 5.91 Å². The largest absolute Gasteiger partial charge is 0.397 e. The van der Waals surface area contributed by atoms with Gasteiger partial charge in [0.25, 0.3) is 5.91 Å². The van der Waals surface area contributed by atoms with Crippen LogP contribution in [-0.4, -0.2) is 41.5 Å². The first-order chi connectivity index (χ1) is 8.72. The van der Waals surface area contributed by atoms with Crippen LogP contribution in [0.3, 0.4) is 0 Å². The Hall–Kier alpha value is -1.62. The number of hydrogen-bond acceptors (Lipinski definition) is 4. The second-order valence-electron chi connectivity index (χ2n) is 4.58. The quantitative estimate of drug-likeness (QED) is 0.784. The lowest BCUT2D eigenvalue weighted by Gasteiger charge is -2.19. The van der Waals surface area contributed by atoms with Crippen LogP contribution >= 0.6 is 0 Å². The molecule has 1 aromatic rings. The van der Waals surface area contributed by atoms with Crippen molar-refractivity contribution in [3.8, 4) is 0 Å². The average Bonchev–Trinajstić information content (AvgIpc) is 3.19. The standard InChI is InChI=1S/C13H20N4O/c1-2-17(10-3-4-10)8-7-16-13(18)11-5-6-15-9-12(11)14/h5-6,9-10H,2-4,7-8,14H2,1H3,(H,16,18). The molecule has 1 fully saturated rings. The molecule has 5 nitrogen and oxygen atoms in total. The minimum atomic E-state index is -0.123. The van der Waals surface area contributed by atoms with Crippen LogP contribution in [0.25, 0.3) is 0 Å². The minimum absolute atomic E-state index is 0.123. The van der Waals surface area contributed by atoms with Crippen LogP contribution < -0.4 is 11.1 Å². The number of nitrogens with zero attached hydrogens (tertiary/aromatic N) is 2. The highest BCUT2D eigenvalue weighted by Crippen LogP contribution is 2.25. The van der Waals surface area contributed by atoms with Crippen LogP contribution in [0.1, 0.15) is 30.1 Å². The van der Waals surface area contributed by atoms with Crippen molar-refractivity contribution < 1.29 is 4.79 Å². The molecule has 1 aromatic heterocycles. The number of pyridine rings is 1. The number of hydrogen-bond donors (Lipinski definition) is 2. The summed E-state index contributed by atoms with van der Waals surface area (Å²) in [6.07, 6.45) is 5.66. The normalized spacial score (nSPS) is 14.8. The Morgan fingerprint density at radius 3 is 3.00 bits per heavy atom. The molecule has 98 valence electrons. The number of aromatic nitrogens is 1. The van der Waals surface area contributed by atoms with Gasteiger partial charge in [-0.25, -0.2) is 0 Å². The molecule has 1 amide bonds. The van der Waals surface area contributed by atoms with E-state index in [0.29, 0.717) is 17.8 Å². The number of rotatable bonds is 6. The summed E-state index contributed by atoms with van der Waals surface area (Å²) in [4.78, 5) is 18.1. The maximum absolute atomic E-state index is 11.9. The zero-order valence-corrected chi connectivity index (χ0v) is 10.7. The van der Waals surface area contributed by atoms with Crippen molar-refractivity contribution in [1.82, 2.24) is 15.2 Å². The van der Waals surface area contributed by atoms with Gasteiger partial charge >= 0.3 is 0 Å². The average molecular weight is 248 g/mol. The maximum Gasteiger partial charge on any atom is 0.253 e. The number of carbonyl (C=O) groups excluding carboxylic acids is 1. The smallest absolute Gasteiger partial charge is 0.253 e. The van der Waals surface area contributed by atoms with E-state index in [9.17, 15) is 4.79 Å². The molecule has 0 atom stereocenters. The molecule has 1 saturated carbocycles. The van der Waals surface area contributed by atoms with Gasteiger partial charge in [-0.1, -0.05) is 6.92 Å². The number of nitrogens with one attached hydrogen (secondary N) is 1. The van der Waals surface area contributed by atoms with Crippen molar-refractivity contribution in [3.05, 3.63) is 24.0 Å². The Morgan fingerprint density at radius 2 is 2.39 bits per heavy atom. The molecule has 0 bridgehead atoms. The lowest BCUT2D eigenvalue weighted by Crippen LogP contribution is -2.36. The van der Waals surface area contributed by atoms with Crippen molar-refractivity contribution in [3.63, 3.8) is 0 Å². The summed E-state index contributed by atoms with van der Waals surface area (Å²) >= 11 is 0. The number of anilines is 1. The maximum atomic E-state index is 11.9. The number of nitrogens with two attached hydrogens (primary N) is 1. The summed E-state index contributed by atoms with van der Waals surface area (Å²) < 4.78 is 0. The summed E-state index contributed by atoms with van der Waals surface area (Å²) in [5.74, 6) is -0.123. The SMILES string of the molecule is CCN(CCNC(=O)c1ccncc1N)C1CC1. The molecule has 0 unspecified atom stereocenters. The minimum Gasteiger partial charge on any atom is -0.397 e. The van der Waals surface area contributed by atoms with Crippen molar-refractivity contribution in [1.29, 1.82) is 0 Å². The lowest BCUT2D eigenvalue weighted by atomic mass is 10.2. The summed E-state index contributed by atoms with van der Waals surface area (Å²) in [5, 5.41) is 2.90. The van der Waals surface area contributed by atoms with Gasteiger partial charge in [-0.3, -0.25) is 14.7 Å². The van der Waals surface area contributed by atoms with Crippen LogP contribution in [0.5, 0.6) is 0 Å². The molecule has 0 aliphatic heterocycles. The number of amides is 1. The van der Waals surface area contributed by atoms with E-state index in [1.165, 1.54) is 19.0 Å². The topological polar surface area (TPSA) is 71.2 Å². The van der Waals surface area contributed by atoms with Crippen molar-refractivity contribution in [2.75, 3.05) is 25.4 Å². The molecule has 1 heterocycles. The van der Waals surface area contributed by atoms with E-state index in [1.807, 2.05) is 0 Å². The third-order valence-corrected chi connectivity index (χ3v) is 3.25. The van der Waals surface area contributed by atoms with E-state index in [4.69, 9.17) is 5.73 Å². The van der Waals surface area contributed by atoms with Crippen LogP contribution in [0.15, 0.2) is 18.5 Å². The van der Waals surface area contributed by atoms with Crippen molar-refractivity contribution in [2.45, 2.75) is 25.8 Å². The second kappa shape index (κ2) is 5.82. The summed E-state index contributed by atoms with van der Waals surface area (Å²) in [7, 11) is 0. The van der Waals surface area contributed by atoms with Crippen LogP contribution in [0.2, 0.25) is 0 Å². The molecule has 18 heavy (non-hydrogen) atoms. The van der Waals surface area contributed by atoms with Crippen LogP contribution in [0, 0.1) is 0 Å². The van der Waals surface area contributed by atoms with Gasteiger partial charge in [0.2, 0.25) is 0 Å². The number of likely N-dealkylation sites (N-methyl/N-ethyl adjacent to an activating group) is 1. The molecule has 0 saturated heterocycles. The van der Waals surface area contributed by atoms with E-state index >= 15 is 0 Å². The van der Waals surface area contributed by atoms with E-state index in [1.54, 1.807) is 12.3 Å². The highest BCUT2D eigenvalue weighted by molar-refractivity contribution is 5.98. The predicted octanol–water partition coefficient (Wildman–Crippen LogP) is 0.878. The molecule has 0 aromatic carbocycles. The first-order valence-corrected chi connectivity index (χ1v) is 6.44. The van der Waals surface area contributed by atoms with Crippen LogP contribution in [0.4, 0.5) is 5.69 Å². The summed E-state index contributed by atoms with van der Waals surface area (Å²) in [6, 6.07) is 2.38. The van der Waals surface area contributed by atoms with Gasteiger partial charge < -0.3 is 11.1 Å². The molecular weight excluding hydrogens is 228 g/mol. The van der Waals surface area contributed by atoms with E-state index < -0.39 is 0 Å². The second-order valence-corrected chi connectivity index (χ2v) is 4.58. The zero-order valence-electron chi connectivity index (χ0n) is 10.7. The molecular formula is C13H20N4O. The zero-order chi connectivity index (χ0) is 13.0. The van der Waals surface area contributed by atoms with E-state index in [0.717, 1.165) is 19.1 Å². The molecule has 0 radical (unpaired) electrons. The predicted molar refractivity (Wildman–Crippen MR) is 71.3 cm³/mol. The van der Waals surface area contributed by atoms with Gasteiger partial charge in [-0.05, 0) is 25.5 Å². The van der Waals surface area contributed by atoms with Gasteiger partial charge in [0, 0.05) is 25.3 Å². The fourth-order valence-electron chi connectivity index (χ4n) is 2.06. The molecule has 5 heteroatoms. The van der Waals surface area contributed by atoms with E-state index in [2.05, 4.69) is 22.1 Å². The van der Waals surface area contributed by atoms with Gasteiger partial charge in [0.1, 0.15) is 0 Å². The molecule has 1 aliphatic carbocycles. The Labute approximate surface area is 107 Å². The molecule has 0 spiro atoms. The van der Waals surface area contributed by atoms with Gasteiger partial charge in [0.15, 0.2) is 0 Å². The molecule has 3 N–H and O–H groups in total. The van der Waals surface area contributed by atoms with Crippen molar-refractivity contribution in [2.24, 2.45) is 0 Å². The first kappa shape index (κ1) is 12.8. The highest BCUT2D eigenvalue weighted by atomic mass is 16.1. The van der Waals surface area contributed by atoms with Crippen molar-refractivity contribution >= 4 is 11.6 Å². The summed E-state index contributed by atoms with van der Waals surface area (Å²) in [5.41, 5.74) is 6.62. The lowest BCUT2D eigenvalue weighted by molar-refractivity contribution is 0.0948. The number of carbonyl (C=O) groups is 1. The fourth-order valence-corrected chi connectivity index (χ4v) is 2.06. The monoisotopic (exact) mass is 248 g/mol. The first-order valence-electron chi connectivity index (χ1n) is 6.44. The third-order valence-electron chi connectivity index (χ3n) is 3.25. The van der Waals surface area contributed by atoms with Gasteiger partial charge in [-0.15, -0.1) is 0 Å². The molecule has 2 rings (SSSR count). The van der Waals surface area contributed by atoms with Crippen LogP contribution in [-0.2, 0) is 0 Å². The molecule has 1 aliphatic rings. The third kappa shape index (κ3) is 3.20. The Kier molecular flexibility index (Phi) is 4.15. The highest BCUT2D eigenvalue weighted by Gasteiger charge is 2.27. The Morgan fingerprint density at radius 1 is 1.61 bits per heavy atom. The summed E-state index contributed by atoms with van der Waals surface area (Å²) in [6.45, 7) is 4.75. The Bertz CT molecular complexity index is 417. The van der Waals surface area contributed by atoms with Gasteiger partial charge in [0.05, 0.1) is 17.4 Å². The number of nitrogen functional groups attached to an aromatic ring is 1. The fraction of sp³-hybridized carbons (Fsp3) is 0.538. The Balaban J connectivity index is 1.79. The van der Waals surface area contributed by atoms with Gasteiger partial charge in [-0.2, -0.15) is 0 Å².